The number of nitrogens with one attached hydrogen (secondary N) is 1. The van der Waals surface area contributed by atoms with Gasteiger partial charge in [0.15, 0.2) is 6.61 Å². The van der Waals surface area contributed by atoms with Crippen LogP contribution < -0.4 is 15.8 Å². The molecule has 0 fully saturated rings. The van der Waals surface area contributed by atoms with E-state index in [9.17, 15) is 14.4 Å². The number of hydrogen-bond acceptors (Lipinski definition) is 4. The Kier molecular flexibility index (Phi) is 5.98. The molecule has 0 aromatic heterocycles. The number of ether oxygens (including phenoxy) is 1. The van der Waals surface area contributed by atoms with Crippen molar-refractivity contribution in [1.29, 1.82) is 0 Å². The number of benzene rings is 1. The summed E-state index contributed by atoms with van der Waals surface area (Å²) in [6, 6.07) is 3.50. The van der Waals surface area contributed by atoms with Crippen molar-refractivity contribution in [3.05, 3.63) is 28.8 Å². The molecule has 1 aromatic carbocycles. The van der Waals surface area contributed by atoms with E-state index in [4.69, 9.17) is 27.2 Å². The quantitative estimate of drug-likeness (QED) is 0.676. The van der Waals surface area contributed by atoms with Crippen molar-refractivity contribution >= 4 is 29.4 Å². The number of carbonyl (C=O) groups is 3. The van der Waals surface area contributed by atoms with Crippen LogP contribution in [0.1, 0.15) is 12.0 Å². The highest BCUT2D eigenvalue weighted by Crippen LogP contribution is 2.21. The van der Waals surface area contributed by atoms with Crippen molar-refractivity contribution in [2.45, 2.75) is 19.4 Å². The number of halogens is 1. The number of aryl methyl sites for hydroxylation is 1. The van der Waals surface area contributed by atoms with Crippen LogP contribution in [0.5, 0.6) is 5.75 Å². The molecule has 0 saturated heterocycles. The third kappa shape index (κ3) is 5.70. The van der Waals surface area contributed by atoms with Gasteiger partial charge < -0.3 is 20.9 Å². The first-order valence-corrected chi connectivity index (χ1v) is 6.37. The topological polar surface area (TPSA) is 119 Å². The first-order chi connectivity index (χ1) is 9.79. The van der Waals surface area contributed by atoms with Gasteiger partial charge in [0.05, 0.1) is 6.42 Å². The molecular weight excluding hydrogens is 300 g/mol. The van der Waals surface area contributed by atoms with Crippen LogP contribution in [0, 0.1) is 6.92 Å². The number of carboxylic acid groups (broad SMARTS) is 1. The van der Waals surface area contributed by atoms with Gasteiger partial charge in [-0.3, -0.25) is 9.59 Å². The summed E-state index contributed by atoms with van der Waals surface area (Å²) in [6.45, 7) is 1.37. The van der Waals surface area contributed by atoms with Crippen LogP contribution in [-0.2, 0) is 14.4 Å². The van der Waals surface area contributed by atoms with Gasteiger partial charge in [0, 0.05) is 5.02 Å². The summed E-state index contributed by atoms with van der Waals surface area (Å²) in [5.74, 6) is -2.38. The molecule has 0 unspecified atom stereocenters. The molecule has 2 amide bonds. The molecule has 1 atom stereocenters. The highest BCUT2D eigenvalue weighted by Gasteiger charge is 2.22. The molecule has 0 aliphatic rings. The lowest BCUT2D eigenvalue weighted by Gasteiger charge is -2.14. The fourth-order valence-corrected chi connectivity index (χ4v) is 1.78. The van der Waals surface area contributed by atoms with E-state index in [-0.39, 0.29) is 6.61 Å². The zero-order valence-corrected chi connectivity index (χ0v) is 12.0. The van der Waals surface area contributed by atoms with Crippen LogP contribution in [0.15, 0.2) is 18.2 Å². The fraction of sp³-hybridized carbons (Fsp3) is 0.308. The molecule has 0 aliphatic carbocycles. The Morgan fingerprint density at radius 1 is 1.43 bits per heavy atom. The fourth-order valence-electron chi connectivity index (χ4n) is 1.56. The van der Waals surface area contributed by atoms with Crippen LogP contribution in [0.4, 0.5) is 0 Å². The van der Waals surface area contributed by atoms with Crippen molar-refractivity contribution in [1.82, 2.24) is 5.32 Å². The molecule has 0 spiro atoms. The van der Waals surface area contributed by atoms with Gasteiger partial charge in [0.2, 0.25) is 5.91 Å². The molecule has 4 N–H and O–H groups in total. The molecule has 8 heteroatoms. The van der Waals surface area contributed by atoms with E-state index in [1.807, 2.05) is 0 Å². The Balaban J connectivity index is 2.56. The minimum atomic E-state index is -1.37. The van der Waals surface area contributed by atoms with Gasteiger partial charge >= 0.3 is 5.97 Å². The summed E-state index contributed by atoms with van der Waals surface area (Å²) in [4.78, 5) is 33.2. The van der Waals surface area contributed by atoms with E-state index in [0.29, 0.717) is 10.8 Å². The first-order valence-electron chi connectivity index (χ1n) is 5.99. The number of hydrogen-bond donors (Lipinski definition) is 3. The third-order valence-electron chi connectivity index (χ3n) is 2.53. The molecule has 0 heterocycles. The third-order valence-corrected chi connectivity index (χ3v) is 2.77. The Bertz CT molecular complexity index is 561. The van der Waals surface area contributed by atoms with Gasteiger partial charge in [-0.05, 0) is 30.7 Å². The van der Waals surface area contributed by atoms with Crippen molar-refractivity contribution in [2.75, 3.05) is 6.61 Å². The highest BCUT2D eigenvalue weighted by atomic mass is 35.5. The molecule has 0 saturated carbocycles. The van der Waals surface area contributed by atoms with Crippen LogP contribution >= 0.6 is 11.6 Å². The minimum Gasteiger partial charge on any atom is -0.484 e. The van der Waals surface area contributed by atoms with Crippen LogP contribution in [0.3, 0.4) is 0 Å². The Morgan fingerprint density at radius 3 is 2.62 bits per heavy atom. The average molecular weight is 315 g/mol. The van der Waals surface area contributed by atoms with E-state index in [1.54, 1.807) is 25.1 Å². The predicted molar refractivity (Wildman–Crippen MR) is 75.1 cm³/mol. The van der Waals surface area contributed by atoms with Gasteiger partial charge in [-0.2, -0.15) is 0 Å². The molecule has 1 aromatic rings. The smallest absolute Gasteiger partial charge is 0.326 e. The summed E-state index contributed by atoms with van der Waals surface area (Å²) in [5, 5.41) is 11.6. The van der Waals surface area contributed by atoms with Crippen molar-refractivity contribution in [3.8, 4) is 5.75 Å². The predicted octanol–water partition coefficient (Wildman–Crippen LogP) is 0.472. The molecule has 1 rings (SSSR count). The second-order valence-corrected chi connectivity index (χ2v) is 4.76. The van der Waals surface area contributed by atoms with E-state index in [2.05, 4.69) is 5.32 Å². The molecule has 7 nitrogen and oxygen atoms in total. The number of carbonyl (C=O) groups excluding carboxylic acids is 2. The normalized spacial score (nSPS) is 11.5. The van der Waals surface area contributed by atoms with Crippen molar-refractivity contribution in [2.24, 2.45) is 5.73 Å². The Morgan fingerprint density at radius 2 is 2.10 bits per heavy atom. The summed E-state index contributed by atoms with van der Waals surface area (Å²) >= 11 is 5.79. The largest absolute Gasteiger partial charge is 0.484 e. The van der Waals surface area contributed by atoms with E-state index in [0.717, 1.165) is 5.56 Å². The number of rotatable bonds is 7. The number of amides is 2. The maximum atomic E-state index is 11.6. The summed E-state index contributed by atoms with van der Waals surface area (Å²) < 4.78 is 5.26. The minimum absolute atomic E-state index is 0.384. The number of primary amides is 1. The lowest BCUT2D eigenvalue weighted by atomic mass is 10.2. The van der Waals surface area contributed by atoms with Gasteiger partial charge in [-0.1, -0.05) is 11.6 Å². The summed E-state index contributed by atoms with van der Waals surface area (Å²) in [6.07, 6.45) is -0.485. The van der Waals surface area contributed by atoms with Gasteiger partial charge in [-0.25, -0.2) is 4.79 Å². The van der Waals surface area contributed by atoms with E-state index < -0.39 is 30.2 Å². The summed E-state index contributed by atoms with van der Waals surface area (Å²) in [7, 11) is 0. The molecule has 21 heavy (non-hydrogen) atoms. The average Bonchev–Trinajstić information content (AvgIpc) is 2.36. The van der Waals surface area contributed by atoms with Crippen LogP contribution in [-0.4, -0.2) is 35.5 Å². The SMILES string of the molecule is Cc1cc(Cl)ccc1OCC(=O)N[C@@H](CC(N)=O)C(=O)O. The second kappa shape index (κ2) is 7.49. The Labute approximate surface area is 126 Å². The van der Waals surface area contributed by atoms with Crippen molar-refractivity contribution < 1.29 is 24.2 Å². The monoisotopic (exact) mass is 314 g/mol. The van der Waals surface area contributed by atoms with Crippen LogP contribution in [0.2, 0.25) is 5.02 Å². The molecule has 114 valence electrons. The van der Waals surface area contributed by atoms with Crippen molar-refractivity contribution in [3.63, 3.8) is 0 Å². The maximum absolute atomic E-state index is 11.6. The van der Waals surface area contributed by atoms with Gasteiger partial charge in [-0.15, -0.1) is 0 Å². The van der Waals surface area contributed by atoms with Crippen LogP contribution in [0.25, 0.3) is 0 Å². The zero-order chi connectivity index (χ0) is 16.0. The van der Waals surface area contributed by atoms with E-state index in [1.165, 1.54) is 0 Å². The molecule has 0 bridgehead atoms. The Hall–Kier alpha value is -2.28. The number of carboxylic acids is 1. The number of aliphatic carboxylic acids is 1. The standard InChI is InChI=1S/C13H15ClN2O5/c1-7-4-8(14)2-3-10(7)21-6-12(18)16-9(13(19)20)5-11(15)17/h2-4,9H,5-6H2,1H3,(H2,15,17)(H,16,18)(H,19,20)/t9-/m0/s1. The molecule has 0 aliphatic heterocycles. The first kappa shape index (κ1) is 16.8. The highest BCUT2D eigenvalue weighted by molar-refractivity contribution is 6.30. The maximum Gasteiger partial charge on any atom is 0.326 e. The second-order valence-electron chi connectivity index (χ2n) is 4.33. The van der Waals surface area contributed by atoms with Gasteiger partial charge in [0.25, 0.3) is 5.91 Å². The lowest BCUT2D eigenvalue weighted by molar-refractivity contribution is -0.143. The van der Waals surface area contributed by atoms with E-state index >= 15 is 0 Å². The zero-order valence-electron chi connectivity index (χ0n) is 11.3. The number of nitrogens with two attached hydrogens (primary N) is 1. The van der Waals surface area contributed by atoms with Gasteiger partial charge in [0.1, 0.15) is 11.8 Å². The summed E-state index contributed by atoms with van der Waals surface area (Å²) in [5.41, 5.74) is 5.65. The molecule has 0 radical (unpaired) electrons. The molecular formula is C13H15ClN2O5. The lowest BCUT2D eigenvalue weighted by Crippen LogP contribution is -2.45.